The largest absolute Gasteiger partial charge is 0.496 e. The van der Waals surface area contributed by atoms with Gasteiger partial charge < -0.3 is 4.74 Å². The Labute approximate surface area is 141 Å². The van der Waals surface area contributed by atoms with Gasteiger partial charge in [-0.25, -0.2) is 4.39 Å². The van der Waals surface area contributed by atoms with Crippen LogP contribution >= 0.6 is 47.8 Å². The van der Waals surface area contributed by atoms with Gasteiger partial charge in [-0.15, -0.1) is 0 Å². The Morgan fingerprint density at radius 3 is 2.40 bits per heavy atom. The Hall–Kier alpha value is -0.460. The second-order valence-corrected chi connectivity index (χ2v) is 6.86. The van der Waals surface area contributed by atoms with E-state index in [2.05, 4.69) is 47.8 Å². The van der Waals surface area contributed by atoms with Gasteiger partial charge in [0.05, 0.1) is 12.7 Å². The maximum absolute atomic E-state index is 13.6. The Kier molecular flexibility index (Phi) is 4.87. The summed E-state index contributed by atoms with van der Waals surface area (Å²) in [4.78, 5) is 12.6. The molecule has 1 aliphatic rings. The van der Waals surface area contributed by atoms with Crippen LogP contribution in [0.15, 0.2) is 31.2 Å². The number of hydrogen-bond donors (Lipinski definition) is 0. The zero-order valence-corrected chi connectivity index (χ0v) is 15.4. The van der Waals surface area contributed by atoms with E-state index < -0.39 is 5.82 Å². The van der Waals surface area contributed by atoms with Crippen molar-refractivity contribution in [1.82, 2.24) is 0 Å². The summed E-state index contributed by atoms with van der Waals surface area (Å²) in [5.41, 5.74) is 1.39. The average molecular weight is 469 g/mol. The lowest BCUT2D eigenvalue weighted by Gasteiger charge is -2.12. The smallest absolute Gasteiger partial charge is 0.194 e. The van der Waals surface area contributed by atoms with Crippen LogP contribution in [-0.4, -0.2) is 12.9 Å². The molecule has 0 N–H and O–H groups in total. The van der Waals surface area contributed by atoms with E-state index in [1.54, 1.807) is 6.92 Å². The molecule has 1 aromatic rings. The molecule has 0 heterocycles. The van der Waals surface area contributed by atoms with Crippen molar-refractivity contribution in [3.05, 3.63) is 48.1 Å². The molecule has 20 heavy (non-hydrogen) atoms. The molecule has 6 heteroatoms. The van der Waals surface area contributed by atoms with Gasteiger partial charge in [0.15, 0.2) is 5.78 Å². The van der Waals surface area contributed by atoms with Gasteiger partial charge in [0, 0.05) is 25.4 Å². The van der Waals surface area contributed by atoms with Crippen molar-refractivity contribution in [3.8, 4) is 5.75 Å². The summed E-state index contributed by atoms with van der Waals surface area (Å²) < 4.78 is 21.2. The number of halogens is 4. The molecule has 2 nitrogen and oxygen atoms in total. The lowest BCUT2D eigenvalue weighted by atomic mass is 9.99. The molecule has 0 atom stereocenters. The summed E-state index contributed by atoms with van der Waals surface area (Å²) in [5, 5.41) is 0. The highest BCUT2D eigenvalue weighted by atomic mass is 79.9. The molecule has 0 aliphatic heterocycles. The number of ketones is 1. The molecule has 0 bridgehead atoms. The normalized spacial score (nSPS) is 15.1. The molecule has 106 valence electrons. The van der Waals surface area contributed by atoms with Crippen molar-refractivity contribution < 1.29 is 13.9 Å². The number of Topliss-reactive ketones (excluding diaryl/α,β-unsaturated/α-hetero) is 1. The summed E-state index contributed by atoms with van der Waals surface area (Å²) in [6.07, 6.45) is 0.457. The molecule has 0 amide bonds. The van der Waals surface area contributed by atoms with Gasteiger partial charge in [-0.2, -0.15) is 0 Å². The highest BCUT2D eigenvalue weighted by Crippen LogP contribution is 2.44. The molecule has 0 unspecified atom stereocenters. The Bertz CT molecular complexity index is 663. The highest BCUT2D eigenvalue weighted by molar-refractivity contribution is 9.16. The van der Waals surface area contributed by atoms with Crippen LogP contribution in [0, 0.1) is 12.7 Å². The van der Waals surface area contributed by atoms with E-state index >= 15 is 0 Å². The van der Waals surface area contributed by atoms with Crippen LogP contribution in [0.3, 0.4) is 0 Å². The minimum atomic E-state index is -0.451. The van der Waals surface area contributed by atoms with E-state index in [-0.39, 0.29) is 11.3 Å². The van der Waals surface area contributed by atoms with E-state index in [0.717, 1.165) is 8.96 Å². The number of benzene rings is 1. The van der Waals surface area contributed by atoms with Gasteiger partial charge in [0.25, 0.3) is 0 Å². The van der Waals surface area contributed by atoms with Crippen molar-refractivity contribution in [2.75, 3.05) is 7.11 Å². The van der Waals surface area contributed by atoms with E-state index in [1.807, 2.05) is 0 Å². The molecule has 0 saturated carbocycles. The standard InChI is InChI=1S/C14H10Br3FO2/c1-6-3-7(18)4-9(14(6)20-2)13(19)8-5-10(15)12(17)11(8)16/h3-4H,5H2,1-2H3. The second kappa shape index (κ2) is 6.12. The fraction of sp³-hybridized carbons (Fsp3) is 0.214. The number of ether oxygens (including phenoxy) is 1. The molecular formula is C14H10Br3FO2. The number of carbonyl (C=O) groups is 1. The van der Waals surface area contributed by atoms with Gasteiger partial charge >= 0.3 is 0 Å². The first kappa shape index (κ1) is 15.9. The van der Waals surface area contributed by atoms with E-state index in [1.165, 1.54) is 19.2 Å². The lowest BCUT2D eigenvalue weighted by Crippen LogP contribution is -2.07. The lowest BCUT2D eigenvalue weighted by molar-refractivity contribution is 0.102. The number of allylic oxidation sites excluding steroid dienone is 4. The molecule has 0 fully saturated rings. The summed E-state index contributed by atoms with van der Waals surface area (Å²) >= 11 is 10.2. The van der Waals surface area contributed by atoms with Crippen LogP contribution in [-0.2, 0) is 0 Å². The molecule has 0 saturated heterocycles. The fourth-order valence-corrected chi connectivity index (χ4v) is 3.76. The van der Waals surface area contributed by atoms with Crippen LogP contribution in [0.25, 0.3) is 0 Å². The van der Waals surface area contributed by atoms with E-state index in [4.69, 9.17) is 4.74 Å². The van der Waals surface area contributed by atoms with Gasteiger partial charge in [0.2, 0.25) is 0 Å². The van der Waals surface area contributed by atoms with Crippen LogP contribution in [0.1, 0.15) is 22.3 Å². The average Bonchev–Trinajstić information content (AvgIpc) is 2.65. The van der Waals surface area contributed by atoms with Crippen molar-refractivity contribution >= 4 is 53.6 Å². The first-order valence-electron chi connectivity index (χ1n) is 5.68. The zero-order chi connectivity index (χ0) is 15.0. The molecule has 1 aromatic carbocycles. The third kappa shape index (κ3) is 2.78. The number of hydrogen-bond acceptors (Lipinski definition) is 2. The van der Waals surface area contributed by atoms with Crippen LogP contribution in [0.4, 0.5) is 4.39 Å². The molecule has 0 aromatic heterocycles. The first-order valence-corrected chi connectivity index (χ1v) is 8.06. The van der Waals surface area contributed by atoms with Gasteiger partial charge in [0.1, 0.15) is 11.6 Å². The third-order valence-corrected chi connectivity index (χ3v) is 6.48. The van der Waals surface area contributed by atoms with Crippen molar-refractivity contribution in [1.29, 1.82) is 0 Å². The zero-order valence-electron chi connectivity index (χ0n) is 10.7. The van der Waals surface area contributed by atoms with E-state index in [0.29, 0.717) is 27.8 Å². The molecule has 0 spiro atoms. The highest BCUT2D eigenvalue weighted by Gasteiger charge is 2.28. The van der Waals surface area contributed by atoms with Crippen LogP contribution < -0.4 is 4.74 Å². The summed E-state index contributed by atoms with van der Waals surface area (Å²) in [6.45, 7) is 1.71. The van der Waals surface area contributed by atoms with Crippen molar-refractivity contribution in [2.45, 2.75) is 13.3 Å². The minimum Gasteiger partial charge on any atom is -0.496 e. The topological polar surface area (TPSA) is 26.3 Å². The minimum absolute atomic E-state index is 0.236. The summed E-state index contributed by atoms with van der Waals surface area (Å²) in [7, 11) is 1.47. The van der Waals surface area contributed by atoms with Crippen LogP contribution in [0.5, 0.6) is 5.75 Å². The Morgan fingerprint density at radius 2 is 1.90 bits per heavy atom. The quantitative estimate of drug-likeness (QED) is 0.557. The summed E-state index contributed by atoms with van der Waals surface area (Å²) in [6, 6.07) is 2.55. The molecule has 1 aliphatic carbocycles. The van der Waals surface area contributed by atoms with Crippen molar-refractivity contribution in [2.24, 2.45) is 0 Å². The number of aryl methyl sites for hydroxylation is 1. The predicted molar refractivity (Wildman–Crippen MR) is 87.5 cm³/mol. The Balaban J connectivity index is 2.52. The summed E-state index contributed by atoms with van der Waals surface area (Å²) in [5.74, 6) is -0.293. The maximum atomic E-state index is 13.6. The third-order valence-electron chi connectivity index (χ3n) is 2.99. The number of methoxy groups -OCH3 is 1. The second-order valence-electron chi connectivity index (χ2n) is 4.32. The monoisotopic (exact) mass is 466 g/mol. The predicted octanol–water partition coefficient (Wildman–Crippen LogP) is 5.38. The van der Waals surface area contributed by atoms with Crippen molar-refractivity contribution in [3.63, 3.8) is 0 Å². The van der Waals surface area contributed by atoms with Gasteiger partial charge in [-0.3, -0.25) is 4.79 Å². The number of carbonyl (C=O) groups excluding carboxylic acids is 1. The maximum Gasteiger partial charge on any atom is 0.194 e. The molecule has 2 rings (SSSR count). The van der Waals surface area contributed by atoms with Crippen LogP contribution in [0.2, 0.25) is 0 Å². The van der Waals surface area contributed by atoms with Gasteiger partial charge in [-0.1, -0.05) is 15.9 Å². The van der Waals surface area contributed by atoms with Gasteiger partial charge in [-0.05, 0) is 56.5 Å². The Morgan fingerprint density at radius 1 is 1.25 bits per heavy atom. The van der Waals surface area contributed by atoms with E-state index in [9.17, 15) is 9.18 Å². The fourth-order valence-electron chi connectivity index (χ4n) is 2.07. The SMILES string of the molecule is COc1c(C)cc(F)cc1C(=O)C1=C(Br)C(Br)=C(Br)C1. The number of rotatable bonds is 3. The molecular weight excluding hydrogens is 459 g/mol. The first-order chi connectivity index (χ1) is 9.36. The molecule has 0 radical (unpaired) electrons.